The molecule has 0 unspecified atom stereocenters. The summed E-state index contributed by atoms with van der Waals surface area (Å²) < 4.78 is 23.9. The number of aliphatic hydroxyl groups is 1. The van der Waals surface area contributed by atoms with Crippen LogP contribution < -0.4 is 5.32 Å². The van der Waals surface area contributed by atoms with Gasteiger partial charge < -0.3 is 10.4 Å². The summed E-state index contributed by atoms with van der Waals surface area (Å²) in [5.74, 6) is 0. The zero-order valence-electron chi connectivity index (χ0n) is 14.0. The predicted octanol–water partition coefficient (Wildman–Crippen LogP) is 2.72. The van der Waals surface area contributed by atoms with Gasteiger partial charge in [0.15, 0.2) is 14.9 Å². The van der Waals surface area contributed by atoms with Crippen LogP contribution in [-0.2, 0) is 16.3 Å². The molecule has 0 spiro atoms. The maximum atomic E-state index is 12.4. The van der Waals surface area contributed by atoms with E-state index in [1.807, 2.05) is 24.3 Å². The van der Waals surface area contributed by atoms with Crippen molar-refractivity contribution >= 4 is 15.5 Å². The molecule has 24 heavy (non-hydrogen) atoms. The van der Waals surface area contributed by atoms with Gasteiger partial charge in [0.05, 0.1) is 28.8 Å². The van der Waals surface area contributed by atoms with Gasteiger partial charge in [-0.25, -0.2) is 13.4 Å². The number of hydrogen-bond acceptors (Lipinski definition) is 5. The molecule has 0 fully saturated rings. The van der Waals surface area contributed by atoms with Gasteiger partial charge in [-0.3, -0.25) is 0 Å². The number of rotatable bonds is 3. The zero-order chi connectivity index (χ0) is 17.5. The Bertz CT molecular complexity index is 839. The first-order valence-electron chi connectivity index (χ1n) is 7.93. The standard InChI is InChI=1S/C18H22N2O3S/c1-18(2,3)24(22,23)16-9-8-13(11-19-16)20-17-14-7-5-4-6-12(14)10-15(17)21/h4-9,11,15,17,20-21H,10H2,1-3H3/t15-,17+/m1/s1. The lowest BCUT2D eigenvalue weighted by atomic mass is 10.1. The van der Waals surface area contributed by atoms with Gasteiger partial charge in [0.2, 0.25) is 0 Å². The molecule has 1 aliphatic carbocycles. The lowest BCUT2D eigenvalue weighted by Gasteiger charge is -2.20. The third-order valence-corrected chi connectivity index (χ3v) is 6.75. The topological polar surface area (TPSA) is 79.3 Å². The van der Waals surface area contributed by atoms with Crippen LogP contribution in [0.4, 0.5) is 5.69 Å². The van der Waals surface area contributed by atoms with Crippen LogP contribution >= 0.6 is 0 Å². The second-order valence-corrected chi connectivity index (χ2v) is 9.74. The molecule has 128 valence electrons. The summed E-state index contributed by atoms with van der Waals surface area (Å²) in [5.41, 5.74) is 2.88. The molecule has 1 heterocycles. The monoisotopic (exact) mass is 346 g/mol. The Kier molecular flexibility index (Phi) is 4.13. The van der Waals surface area contributed by atoms with Crippen LogP contribution in [0.2, 0.25) is 0 Å². The highest BCUT2D eigenvalue weighted by molar-refractivity contribution is 7.92. The van der Waals surface area contributed by atoms with Crippen LogP contribution in [0.1, 0.15) is 37.9 Å². The number of aliphatic hydroxyl groups excluding tert-OH is 1. The SMILES string of the molecule is CC(C)(C)S(=O)(=O)c1ccc(N[C@H]2c3ccccc3C[C@H]2O)cn1. The minimum absolute atomic E-state index is 0.0629. The maximum Gasteiger partial charge on any atom is 0.200 e. The van der Waals surface area contributed by atoms with E-state index >= 15 is 0 Å². The summed E-state index contributed by atoms with van der Waals surface area (Å²) in [7, 11) is -3.47. The summed E-state index contributed by atoms with van der Waals surface area (Å²) in [4.78, 5) is 4.11. The van der Waals surface area contributed by atoms with E-state index in [1.165, 1.54) is 12.3 Å². The Balaban J connectivity index is 1.83. The fourth-order valence-corrected chi connectivity index (χ4v) is 3.93. The Morgan fingerprint density at radius 3 is 2.50 bits per heavy atom. The van der Waals surface area contributed by atoms with E-state index in [0.29, 0.717) is 12.1 Å². The molecule has 6 heteroatoms. The van der Waals surface area contributed by atoms with Crippen molar-refractivity contribution < 1.29 is 13.5 Å². The van der Waals surface area contributed by atoms with Crippen molar-refractivity contribution in [3.8, 4) is 0 Å². The molecule has 2 aromatic rings. The van der Waals surface area contributed by atoms with Gasteiger partial charge in [-0.2, -0.15) is 0 Å². The molecular weight excluding hydrogens is 324 g/mol. The lowest BCUT2D eigenvalue weighted by molar-refractivity contribution is 0.166. The summed E-state index contributed by atoms with van der Waals surface area (Å²) in [5, 5.41) is 13.6. The number of nitrogens with zero attached hydrogens (tertiary/aromatic N) is 1. The van der Waals surface area contributed by atoms with Crippen LogP contribution in [0.5, 0.6) is 0 Å². The van der Waals surface area contributed by atoms with Gasteiger partial charge in [0.25, 0.3) is 0 Å². The van der Waals surface area contributed by atoms with Crippen molar-refractivity contribution in [3.05, 3.63) is 53.7 Å². The van der Waals surface area contributed by atoms with E-state index in [1.54, 1.807) is 26.8 Å². The Hall–Kier alpha value is -1.92. The van der Waals surface area contributed by atoms with Gasteiger partial charge in [-0.1, -0.05) is 24.3 Å². The molecule has 0 bridgehead atoms. The van der Waals surface area contributed by atoms with E-state index in [2.05, 4.69) is 10.3 Å². The summed E-state index contributed by atoms with van der Waals surface area (Å²) in [6.07, 6.45) is 1.60. The highest BCUT2D eigenvalue weighted by Gasteiger charge is 2.33. The minimum atomic E-state index is -3.47. The molecule has 1 aromatic carbocycles. The smallest absolute Gasteiger partial charge is 0.200 e. The minimum Gasteiger partial charge on any atom is -0.390 e. The van der Waals surface area contributed by atoms with Gasteiger partial charge in [0.1, 0.15) is 0 Å². The maximum absolute atomic E-state index is 12.4. The van der Waals surface area contributed by atoms with Crippen LogP contribution in [-0.4, -0.2) is 29.4 Å². The van der Waals surface area contributed by atoms with Crippen molar-refractivity contribution in [1.82, 2.24) is 4.98 Å². The molecule has 0 radical (unpaired) electrons. The number of nitrogens with one attached hydrogen (secondary N) is 1. The third kappa shape index (κ3) is 2.91. The average Bonchev–Trinajstić information content (AvgIpc) is 2.83. The molecule has 1 aromatic heterocycles. The molecule has 5 nitrogen and oxygen atoms in total. The molecule has 0 aliphatic heterocycles. The van der Waals surface area contributed by atoms with Crippen molar-refractivity contribution in [2.75, 3.05) is 5.32 Å². The van der Waals surface area contributed by atoms with Crippen molar-refractivity contribution in [2.45, 2.75) is 49.1 Å². The van der Waals surface area contributed by atoms with Crippen molar-refractivity contribution in [3.63, 3.8) is 0 Å². The van der Waals surface area contributed by atoms with E-state index < -0.39 is 20.7 Å². The molecule has 1 aliphatic rings. The van der Waals surface area contributed by atoms with E-state index in [0.717, 1.165) is 11.1 Å². The number of anilines is 1. The molecule has 0 saturated heterocycles. The molecule has 2 atom stereocenters. The first-order valence-corrected chi connectivity index (χ1v) is 9.41. The quantitative estimate of drug-likeness (QED) is 0.893. The first-order chi connectivity index (χ1) is 11.2. The van der Waals surface area contributed by atoms with Gasteiger partial charge in [-0.05, 0) is 44.0 Å². The van der Waals surface area contributed by atoms with Gasteiger partial charge in [-0.15, -0.1) is 0 Å². The predicted molar refractivity (Wildman–Crippen MR) is 93.7 cm³/mol. The fourth-order valence-electron chi connectivity index (χ4n) is 2.87. The zero-order valence-corrected chi connectivity index (χ0v) is 14.8. The molecule has 2 N–H and O–H groups in total. The molecule has 0 saturated carbocycles. The number of hydrogen-bond donors (Lipinski definition) is 2. The van der Waals surface area contributed by atoms with Crippen LogP contribution in [0.25, 0.3) is 0 Å². The Labute approximate surface area is 142 Å². The summed E-state index contributed by atoms with van der Waals surface area (Å²) in [6, 6.07) is 10.9. The van der Waals surface area contributed by atoms with Gasteiger partial charge in [0, 0.05) is 6.42 Å². The van der Waals surface area contributed by atoms with Crippen LogP contribution in [0.15, 0.2) is 47.6 Å². The lowest BCUT2D eigenvalue weighted by Crippen LogP contribution is -2.28. The number of aromatic nitrogens is 1. The van der Waals surface area contributed by atoms with E-state index in [-0.39, 0.29) is 11.1 Å². The third-order valence-electron chi connectivity index (χ3n) is 4.34. The molecular formula is C18H22N2O3S. The molecule has 0 amide bonds. The van der Waals surface area contributed by atoms with Crippen LogP contribution in [0.3, 0.4) is 0 Å². The number of sulfone groups is 1. The average molecular weight is 346 g/mol. The van der Waals surface area contributed by atoms with E-state index in [4.69, 9.17) is 0 Å². The highest BCUT2D eigenvalue weighted by Crippen LogP contribution is 2.34. The number of pyridine rings is 1. The second-order valence-electron chi connectivity index (χ2n) is 7.09. The summed E-state index contributed by atoms with van der Waals surface area (Å²) in [6.45, 7) is 4.96. The van der Waals surface area contributed by atoms with Crippen molar-refractivity contribution in [1.29, 1.82) is 0 Å². The first kappa shape index (κ1) is 16.9. The largest absolute Gasteiger partial charge is 0.390 e. The van der Waals surface area contributed by atoms with E-state index in [9.17, 15) is 13.5 Å². The fraction of sp³-hybridized carbons (Fsp3) is 0.389. The Morgan fingerprint density at radius 2 is 1.88 bits per heavy atom. The van der Waals surface area contributed by atoms with Crippen LogP contribution in [0, 0.1) is 0 Å². The van der Waals surface area contributed by atoms with Crippen molar-refractivity contribution in [2.24, 2.45) is 0 Å². The van der Waals surface area contributed by atoms with Gasteiger partial charge >= 0.3 is 0 Å². The normalized spacial score (nSPS) is 20.7. The number of fused-ring (bicyclic) bond motifs is 1. The highest BCUT2D eigenvalue weighted by atomic mass is 32.2. The summed E-state index contributed by atoms with van der Waals surface area (Å²) >= 11 is 0. The number of benzene rings is 1. The second kappa shape index (κ2) is 5.86. The Morgan fingerprint density at radius 1 is 1.17 bits per heavy atom. The molecule has 3 rings (SSSR count).